The van der Waals surface area contributed by atoms with Crippen molar-refractivity contribution in [3.63, 3.8) is 0 Å². The van der Waals surface area contributed by atoms with Gasteiger partial charge < -0.3 is 4.74 Å². The average Bonchev–Trinajstić information content (AvgIpc) is 3.00. The topological polar surface area (TPSA) is 78.8 Å². The van der Waals surface area contributed by atoms with Crippen molar-refractivity contribution in [1.29, 1.82) is 10.5 Å². The Hall–Kier alpha value is -3.68. The number of aromatic nitrogens is 1. The number of thiazole rings is 1. The molecule has 1 aromatic heterocycles. The number of halogens is 1. The number of nitriles is 2. The zero-order valence-corrected chi connectivity index (χ0v) is 15.0. The standard InChI is InChI=1S/C20H12FN3O2S/c1-26-17-9-5-4-8-16(17)24-19(25)18(27-20(24)14(11-22)12-23)10-13-6-2-3-7-15(13)21/h2-10H,1H3/b18-10-. The minimum Gasteiger partial charge on any atom is -0.495 e. The first kappa shape index (κ1) is 18.1. The molecule has 0 bridgehead atoms. The lowest BCUT2D eigenvalue weighted by Gasteiger charge is -2.08. The monoisotopic (exact) mass is 377 g/mol. The first-order valence-electron chi connectivity index (χ1n) is 7.76. The maximum atomic E-state index is 14.0. The molecule has 0 aliphatic heterocycles. The zero-order chi connectivity index (χ0) is 19.4. The van der Waals surface area contributed by atoms with Crippen molar-refractivity contribution in [1.82, 2.24) is 4.57 Å². The SMILES string of the molecule is COc1ccccc1-n1c(=C(C#N)C#N)s/c(=C\c2ccccc2F)c1=O. The molecule has 5 nitrogen and oxygen atoms in total. The molecular formula is C20H12FN3O2S. The Labute approximate surface area is 157 Å². The normalized spacial score (nSPS) is 10.9. The molecule has 132 valence electrons. The van der Waals surface area contributed by atoms with Crippen molar-refractivity contribution >= 4 is 23.0 Å². The Kier molecular flexibility index (Phi) is 5.16. The van der Waals surface area contributed by atoms with Gasteiger partial charge in [0.05, 0.1) is 17.3 Å². The van der Waals surface area contributed by atoms with E-state index in [1.54, 1.807) is 42.5 Å². The zero-order valence-electron chi connectivity index (χ0n) is 14.1. The molecule has 3 aromatic rings. The average molecular weight is 377 g/mol. The summed E-state index contributed by atoms with van der Waals surface area (Å²) in [6.07, 6.45) is 1.41. The van der Waals surface area contributed by atoms with Crippen LogP contribution in [-0.4, -0.2) is 11.7 Å². The van der Waals surface area contributed by atoms with Gasteiger partial charge in [-0.1, -0.05) is 30.3 Å². The van der Waals surface area contributed by atoms with Crippen LogP contribution in [0.5, 0.6) is 5.75 Å². The molecule has 0 saturated heterocycles. The Balaban J connectivity index is 2.46. The van der Waals surface area contributed by atoms with Crippen LogP contribution in [0.3, 0.4) is 0 Å². The third-order valence-corrected chi connectivity index (χ3v) is 4.87. The van der Waals surface area contributed by atoms with E-state index in [4.69, 9.17) is 4.74 Å². The Morgan fingerprint density at radius 2 is 1.81 bits per heavy atom. The lowest BCUT2D eigenvalue weighted by molar-refractivity contribution is 0.412. The number of ether oxygens (including phenoxy) is 1. The second-order valence-corrected chi connectivity index (χ2v) is 6.38. The highest BCUT2D eigenvalue weighted by molar-refractivity contribution is 7.07. The second kappa shape index (κ2) is 7.69. The van der Waals surface area contributed by atoms with Crippen LogP contribution < -0.4 is 19.5 Å². The summed E-state index contributed by atoms with van der Waals surface area (Å²) < 4.78 is 20.9. The van der Waals surface area contributed by atoms with Gasteiger partial charge in [-0.15, -0.1) is 11.3 Å². The van der Waals surface area contributed by atoms with Crippen molar-refractivity contribution in [2.45, 2.75) is 0 Å². The summed E-state index contributed by atoms with van der Waals surface area (Å²) in [5, 5.41) is 18.6. The molecule has 0 aliphatic carbocycles. The molecule has 0 aliphatic rings. The van der Waals surface area contributed by atoms with Crippen LogP contribution in [0.15, 0.2) is 53.3 Å². The third kappa shape index (κ3) is 3.37. The van der Waals surface area contributed by atoms with Crippen molar-refractivity contribution in [2.24, 2.45) is 0 Å². The molecule has 0 saturated carbocycles. The summed E-state index contributed by atoms with van der Waals surface area (Å²) in [5.74, 6) is -0.0632. The molecule has 1 heterocycles. The molecule has 0 amide bonds. The largest absolute Gasteiger partial charge is 0.495 e. The lowest BCUT2D eigenvalue weighted by Crippen LogP contribution is -2.31. The number of methoxy groups -OCH3 is 1. The van der Waals surface area contributed by atoms with Crippen LogP contribution >= 0.6 is 11.3 Å². The van der Waals surface area contributed by atoms with E-state index in [-0.39, 0.29) is 20.3 Å². The molecule has 0 N–H and O–H groups in total. The molecule has 0 atom stereocenters. The number of nitrogens with zero attached hydrogens (tertiary/aromatic N) is 3. The number of para-hydroxylation sites is 2. The highest BCUT2D eigenvalue weighted by Crippen LogP contribution is 2.19. The van der Waals surface area contributed by atoms with Gasteiger partial charge in [0.2, 0.25) is 0 Å². The first-order chi connectivity index (χ1) is 13.1. The van der Waals surface area contributed by atoms with Crippen LogP contribution in [0.25, 0.3) is 17.3 Å². The highest BCUT2D eigenvalue weighted by Gasteiger charge is 2.14. The fourth-order valence-electron chi connectivity index (χ4n) is 2.54. The van der Waals surface area contributed by atoms with Crippen molar-refractivity contribution in [3.05, 3.63) is 79.5 Å². The van der Waals surface area contributed by atoms with Crippen LogP contribution in [0.1, 0.15) is 5.56 Å². The van der Waals surface area contributed by atoms with E-state index in [0.717, 1.165) is 11.3 Å². The molecule has 7 heteroatoms. The van der Waals surface area contributed by atoms with Gasteiger partial charge in [-0.05, 0) is 24.3 Å². The fourth-order valence-corrected chi connectivity index (χ4v) is 3.58. The van der Waals surface area contributed by atoms with Crippen LogP contribution in [0, 0.1) is 28.5 Å². The molecule has 0 radical (unpaired) electrons. The van der Waals surface area contributed by atoms with Gasteiger partial charge in [-0.2, -0.15) is 10.5 Å². The molecule has 3 rings (SSSR count). The van der Waals surface area contributed by atoms with Gasteiger partial charge in [0, 0.05) is 5.56 Å². The van der Waals surface area contributed by atoms with E-state index >= 15 is 0 Å². The van der Waals surface area contributed by atoms with Gasteiger partial charge >= 0.3 is 0 Å². The van der Waals surface area contributed by atoms with Gasteiger partial charge in [0.1, 0.15) is 28.4 Å². The number of hydrogen-bond donors (Lipinski definition) is 0. The molecule has 0 spiro atoms. The Morgan fingerprint density at radius 3 is 2.48 bits per heavy atom. The lowest BCUT2D eigenvalue weighted by atomic mass is 10.2. The van der Waals surface area contributed by atoms with Crippen molar-refractivity contribution in [3.8, 4) is 23.6 Å². The van der Waals surface area contributed by atoms with E-state index in [9.17, 15) is 19.7 Å². The van der Waals surface area contributed by atoms with Crippen molar-refractivity contribution in [2.75, 3.05) is 7.11 Å². The van der Waals surface area contributed by atoms with Gasteiger partial charge in [-0.25, -0.2) is 4.39 Å². The predicted molar refractivity (Wildman–Crippen MR) is 100 cm³/mol. The number of benzene rings is 2. The van der Waals surface area contributed by atoms with E-state index in [1.807, 2.05) is 12.1 Å². The van der Waals surface area contributed by atoms with Gasteiger partial charge in [0.15, 0.2) is 5.57 Å². The smallest absolute Gasteiger partial charge is 0.273 e. The molecular weight excluding hydrogens is 365 g/mol. The minimum absolute atomic E-state index is 0.164. The fraction of sp³-hybridized carbons (Fsp3) is 0.0500. The van der Waals surface area contributed by atoms with Crippen molar-refractivity contribution < 1.29 is 9.13 Å². The summed E-state index contributed by atoms with van der Waals surface area (Å²) in [7, 11) is 1.46. The molecule has 0 fully saturated rings. The van der Waals surface area contributed by atoms with Gasteiger partial charge in [0.25, 0.3) is 5.56 Å². The molecule has 0 unspecified atom stereocenters. The van der Waals surface area contributed by atoms with Crippen LogP contribution in [-0.2, 0) is 0 Å². The Bertz CT molecular complexity index is 1260. The second-order valence-electron chi connectivity index (χ2n) is 5.35. The summed E-state index contributed by atoms with van der Waals surface area (Å²) in [5.41, 5.74) is -0.0422. The highest BCUT2D eigenvalue weighted by atomic mass is 32.1. The predicted octanol–water partition coefficient (Wildman–Crippen LogP) is 2.07. The first-order valence-corrected chi connectivity index (χ1v) is 8.58. The van der Waals surface area contributed by atoms with E-state index in [0.29, 0.717) is 11.4 Å². The summed E-state index contributed by atoms with van der Waals surface area (Å²) in [6.45, 7) is 0. The van der Waals surface area contributed by atoms with Crippen LogP contribution in [0.2, 0.25) is 0 Å². The minimum atomic E-state index is -0.472. The van der Waals surface area contributed by atoms with Crippen LogP contribution in [0.4, 0.5) is 4.39 Å². The number of hydrogen-bond acceptors (Lipinski definition) is 5. The maximum absolute atomic E-state index is 14.0. The molecule has 2 aromatic carbocycles. The maximum Gasteiger partial charge on any atom is 0.273 e. The molecule has 27 heavy (non-hydrogen) atoms. The van der Waals surface area contributed by atoms with E-state index < -0.39 is 11.4 Å². The summed E-state index contributed by atoms with van der Waals surface area (Å²) in [6, 6.07) is 16.4. The number of rotatable bonds is 3. The van der Waals surface area contributed by atoms with Gasteiger partial charge in [-0.3, -0.25) is 9.36 Å². The summed E-state index contributed by atoms with van der Waals surface area (Å²) >= 11 is 0.952. The Morgan fingerprint density at radius 1 is 1.15 bits per heavy atom. The summed E-state index contributed by atoms with van der Waals surface area (Å²) in [4.78, 5) is 13.0. The third-order valence-electron chi connectivity index (χ3n) is 3.78. The van der Waals surface area contributed by atoms with E-state index in [2.05, 4.69) is 0 Å². The van der Waals surface area contributed by atoms with E-state index in [1.165, 1.54) is 23.8 Å². The quantitative estimate of drug-likeness (QED) is 0.700.